The van der Waals surface area contributed by atoms with E-state index < -0.39 is 0 Å². The van der Waals surface area contributed by atoms with Crippen LogP contribution in [-0.4, -0.2) is 5.78 Å². The van der Waals surface area contributed by atoms with Crippen LogP contribution in [0, 0.1) is 12.3 Å². The average molecular weight is 387 g/mol. The van der Waals surface area contributed by atoms with Crippen LogP contribution in [0.3, 0.4) is 0 Å². The van der Waals surface area contributed by atoms with Crippen molar-refractivity contribution in [3.8, 4) is 12.3 Å². The molecule has 1 aliphatic rings. The molecule has 0 spiro atoms. The van der Waals surface area contributed by atoms with Crippen LogP contribution < -0.4 is 0 Å². The first kappa shape index (κ1) is 15.9. The number of hydrogen-bond acceptors (Lipinski definition) is 1. The molecule has 4 rings (SSSR count). The van der Waals surface area contributed by atoms with Crippen molar-refractivity contribution in [1.82, 2.24) is 0 Å². The van der Waals surface area contributed by atoms with Gasteiger partial charge in [0, 0.05) is 21.5 Å². The van der Waals surface area contributed by atoms with Gasteiger partial charge in [0.15, 0.2) is 5.78 Å². The van der Waals surface area contributed by atoms with E-state index in [-0.39, 0.29) is 17.6 Å². The van der Waals surface area contributed by atoms with Crippen molar-refractivity contribution in [2.45, 2.75) is 11.8 Å². The van der Waals surface area contributed by atoms with Gasteiger partial charge in [-0.1, -0.05) is 82.5 Å². The highest BCUT2D eigenvalue weighted by Gasteiger charge is 2.35. The van der Waals surface area contributed by atoms with Gasteiger partial charge in [-0.2, -0.15) is 0 Å². The van der Waals surface area contributed by atoms with Crippen molar-refractivity contribution in [2.75, 3.05) is 0 Å². The van der Waals surface area contributed by atoms with Gasteiger partial charge in [0.25, 0.3) is 0 Å². The van der Waals surface area contributed by atoms with Crippen LogP contribution in [0.5, 0.6) is 0 Å². The summed E-state index contributed by atoms with van der Waals surface area (Å²) in [5, 5.41) is 0. The standard InChI is InChI=1S/C23H15BrO/c1-2-17(15-11-13-16(24)14-12-15)22-18-7-3-5-9-20(18)23(25)21-10-6-4-8-19(21)22/h1,3-14,17,22H. The molecular formula is C23H15BrO. The summed E-state index contributed by atoms with van der Waals surface area (Å²) in [7, 11) is 0. The third kappa shape index (κ3) is 2.62. The molecule has 1 aliphatic carbocycles. The summed E-state index contributed by atoms with van der Waals surface area (Å²) in [6, 6.07) is 23.7. The van der Waals surface area contributed by atoms with Crippen molar-refractivity contribution in [3.05, 3.63) is 105 Å². The molecule has 3 aromatic rings. The molecule has 0 aromatic heterocycles. The molecule has 0 saturated heterocycles. The van der Waals surface area contributed by atoms with E-state index in [1.165, 1.54) is 0 Å². The maximum absolute atomic E-state index is 12.9. The van der Waals surface area contributed by atoms with Crippen LogP contribution in [0.15, 0.2) is 77.3 Å². The quantitative estimate of drug-likeness (QED) is 0.528. The number of hydrogen-bond donors (Lipinski definition) is 0. The van der Waals surface area contributed by atoms with Gasteiger partial charge >= 0.3 is 0 Å². The second-order valence-corrected chi connectivity index (χ2v) is 7.09. The average Bonchev–Trinajstić information content (AvgIpc) is 2.66. The van der Waals surface area contributed by atoms with E-state index in [2.05, 4.69) is 34.0 Å². The number of terminal acetylenes is 1. The molecule has 0 amide bonds. The van der Waals surface area contributed by atoms with Gasteiger partial charge in [0.2, 0.25) is 0 Å². The molecule has 2 heteroatoms. The molecule has 25 heavy (non-hydrogen) atoms. The molecule has 120 valence electrons. The Balaban J connectivity index is 1.95. The van der Waals surface area contributed by atoms with Gasteiger partial charge in [-0.15, -0.1) is 6.42 Å². The van der Waals surface area contributed by atoms with E-state index in [9.17, 15) is 4.79 Å². The smallest absolute Gasteiger partial charge is 0.193 e. The highest BCUT2D eigenvalue weighted by atomic mass is 79.9. The number of rotatable bonds is 2. The number of halogens is 1. The number of fused-ring (bicyclic) bond motifs is 2. The molecule has 0 fully saturated rings. The van der Waals surface area contributed by atoms with Crippen LogP contribution in [0.25, 0.3) is 0 Å². The van der Waals surface area contributed by atoms with E-state index >= 15 is 0 Å². The fraction of sp³-hybridized carbons (Fsp3) is 0.0870. The molecule has 1 unspecified atom stereocenters. The Morgan fingerprint density at radius 1 is 0.840 bits per heavy atom. The lowest BCUT2D eigenvalue weighted by Gasteiger charge is -2.31. The Kier molecular flexibility index (Phi) is 4.03. The molecule has 1 nitrogen and oxygen atoms in total. The third-order valence-electron chi connectivity index (χ3n) is 4.82. The first-order valence-electron chi connectivity index (χ1n) is 8.15. The second-order valence-electron chi connectivity index (χ2n) is 6.18. The van der Waals surface area contributed by atoms with Gasteiger partial charge in [-0.25, -0.2) is 0 Å². The molecule has 1 atom stereocenters. The topological polar surface area (TPSA) is 17.1 Å². The van der Waals surface area contributed by atoms with Crippen molar-refractivity contribution in [2.24, 2.45) is 0 Å². The van der Waals surface area contributed by atoms with Gasteiger partial charge in [-0.3, -0.25) is 4.79 Å². The lowest BCUT2D eigenvalue weighted by molar-refractivity contribution is 0.103. The number of carbonyl (C=O) groups excluding carboxylic acids is 1. The van der Waals surface area contributed by atoms with Crippen LogP contribution in [-0.2, 0) is 0 Å². The van der Waals surface area contributed by atoms with E-state index in [4.69, 9.17) is 6.42 Å². The lowest BCUT2D eigenvalue weighted by atomic mass is 9.70. The van der Waals surface area contributed by atoms with Gasteiger partial charge < -0.3 is 0 Å². The summed E-state index contributed by atoms with van der Waals surface area (Å²) in [6.45, 7) is 0. The molecule has 3 aromatic carbocycles. The fourth-order valence-corrected chi connectivity index (χ4v) is 3.94. The van der Waals surface area contributed by atoms with Crippen LogP contribution >= 0.6 is 15.9 Å². The van der Waals surface area contributed by atoms with Crippen LogP contribution in [0.1, 0.15) is 44.4 Å². The predicted molar refractivity (Wildman–Crippen MR) is 104 cm³/mol. The Bertz CT molecular complexity index is 946. The molecule has 0 N–H and O–H groups in total. The molecule has 0 aliphatic heterocycles. The van der Waals surface area contributed by atoms with E-state index in [1.54, 1.807) is 0 Å². The molecule has 0 heterocycles. The van der Waals surface area contributed by atoms with Crippen molar-refractivity contribution >= 4 is 21.7 Å². The molecular weight excluding hydrogens is 372 g/mol. The zero-order valence-corrected chi connectivity index (χ0v) is 15.0. The first-order valence-corrected chi connectivity index (χ1v) is 8.94. The summed E-state index contributed by atoms with van der Waals surface area (Å²) in [5.41, 5.74) is 4.61. The van der Waals surface area contributed by atoms with E-state index in [1.807, 2.05) is 60.7 Å². The number of ketones is 1. The first-order chi connectivity index (χ1) is 12.2. The number of carbonyl (C=O) groups is 1. The van der Waals surface area contributed by atoms with Crippen molar-refractivity contribution < 1.29 is 4.79 Å². The summed E-state index contributed by atoms with van der Waals surface area (Å²) in [4.78, 5) is 12.9. The Labute approximate surface area is 155 Å². The summed E-state index contributed by atoms with van der Waals surface area (Å²) >= 11 is 3.48. The minimum absolute atomic E-state index is 0.0312. The largest absolute Gasteiger partial charge is 0.289 e. The van der Waals surface area contributed by atoms with E-state index in [0.717, 1.165) is 32.3 Å². The Morgan fingerprint density at radius 3 is 1.88 bits per heavy atom. The van der Waals surface area contributed by atoms with Crippen LogP contribution in [0.4, 0.5) is 0 Å². The van der Waals surface area contributed by atoms with E-state index in [0.29, 0.717) is 0 Å². The van der Waals surface area contributed by atoms with Crippen LogP contribution in [0.2, 0.25) is 0 Å². The summed E-state index contributed by atoms with van der Waals surface area (Å²) in [5.74, 6) is 2.89. The molecule has 0 radical (unpaired) electrons. The molecule has 0 bridgehead atoms. The maximum atomic E-state index is 12.9. The zero-order valence-electron chi connectivity index (χ0n) is 13.4. The predicted octanol–water partition coefficient (Wildman–Crippen LogP) is 5.54. The SMILES string of the molecule is C#CC(c1ccc(Br)cc1)C1c2ccccc2C(=O)c2ccccc21. The normalized spacial score (nSPS) is 14.3. The minimum atomic E-state index is -0.136. The minimum Gasteiger partial charge on any atom is -0.289 e. The highest BCUT2D eigenvalue weighted by Crippen LogP contribution is 2.44. The third-order valence-corrected chi connectivity index (χ3v) is 5.35. The molecule has 0 saturated carbocycles. The number of benzene rings is 3. The lowest BCUT2D eigenvalue weighted by Crippen LogP contribution is -2.23. The Morgan fingerprint density at radius 2 is 1.36 bits per heavy atom. The van der Waals surface area contributed by atoms with Crippen molar-refractivity contribution in [1.29, 1.82) is 0 Å². The zero-order chi connectivity index (χ0) is 17.4. The summed E-state index contributed by atoms with van der Waals surface area (Å²) < 4.78 is 1.02. The fourth-order valence-electron chi connectivity index (χ4n) is 3.68. The Hall–Kier alpha value is -2.63. The maximum Gasteiger partial charge on any atom is 0.193 e. The van der Waals surface area contributed by atoms with Crippen molar-refractivity contribution in [3.63, 3.8) is 0 Å². The summed E-state index contributed by atoms with van der Waals surface area (Å²) in [6.07, 6.45) is 5.98. The second kappa shape index (κ2) is 6.35. The van der Waals surface area contributed by atoms with Gasteiger partial charge in [0.05, 0.1) is 5.92 Å². The van der Waals surface area contributed by atoms with Gasteiger partial charge in [0.1, 0.15) is 0 Å². The highest BCUT2D eigenvalue weighted by molar-refractivity contribution is 9.10. The monoisotopic (exact) mass is 386 g/mol. The van der Waals surface area contributed by atoms with Gasteiger partial charge in [-0.05, 0) is 28.8 Å².